The highest BCUT2D eigenvalue weighted by atomic mass is 32.1. The molecule has 0 saturated carbocycles. The molecule has 0 unspecified atom stereocenters. The molecule has 1 aromatic heterocycles. The van der Waals surface area contributed by atoms with Gasteiger partial charge in [-0.2, -0.15) is 0 Å². The topological polar surface area (TPSA) is 71.0 Å². The molecule has 0 fully saturated rings. The summed E-state index contributed by atoms with van der Waals surface area (Å²) in [6.45, 7) is 5.40. The fraction of sp³-hybridized carbons (Fsp3) is 0.500. The van der Waals surface area contributed by atoms with Gasteiger partial charge in [0.2, 0.25) is 0 Å². The third kappa shape index (κ3) is 6.01. The fourth-order valence-corrected chi connectivity index (χ4v) is 2.82. The molecule has 1 aromatic carbocycles. The van der Waals surface area contributed by atoms with Crippen molar-refractivity contribution in [3.63, 3.8) is 0 Å². The first-order valence-electron chi connectivity index (χ1n) is 8.86. The van der Waals surface area contributed by atoms with E-state index in [1.165, 1.54) is 19.3 Å². The van der Waals surface area contributed by atoms with E-state index in [2.05, 4.69) is 35.0 Å². The summed E-state index contributed by atoms with van der Waals surface area (Å²) in [5, 5.41) is 3.62. The lowest BCUT2D eigenvalue weighted by molar-refractivity contribution is -0.122. The molecule has 0 radical (unpaired) electrons. The third-order valence-corrected chi connectivity index (χ3v) is 4.50. The number of fused-ring (bicyclic) bond motifs is 1. The lowest BCUT2D eigenvalue weighted by atomic mass is 9.99. The highest BCUT2D eigenvalue weighted by molar-refractivity contribution is 7.80. The van der Waals surface area contributed by atoms with E-state index < -0.39 is 0 Å². The molecule has 0 saturated heterocycles. The summed E-state index contributed by atoms with van der Waals surface area (Å²) in [4.78, 5) is 16.4. The van der Waals surface area contributed by atoms with Gasteiger partial charge < -0.3 is 9.88 Å². The molecule has 0 bridgehead atoms. The summed E-state index contributed by atoms with van der Waals surface area (Å²) in [6, 6.07) is 7.72. The number of unbranched alkanes of at least 4 members (excludes halogenated alkanes) is 1. The van der Waals surface area contributed by atoms with Crippen molar-refractivity contribution in [2.75, 3.05) is 6.54 Å². The van der Waals surface area contributed by atoms with E-state index >= 15 is 0 Å². The highest BCUT2D eigenvalue weighted by Crippen LogP contribution is 2.12. The summed E-state index contributed by atoms with van der Waals surface area (Å²) in [5.74, 6) is 0.429. The second-order valence-electron chi connectivity index (χ2n) is 6.16. The van der Waals surface area contributed by atoms with Crippen LogP contribution in [-0.2, 0) is 11.3 Å². The molecule has 1 amide bonds. The summed E-state index contributed by atoms with van der Waals surface area (Å²) < 4.78 is 1.81. The van der Waals surface area contributed by atoms with Crippen molar-refractivity contribution in [2.45, 2.75) is 46.1 Å². The van der Waals surface area contributed by atoms with Crippen LogP contribution >= 0.6 is 12.2 Å². The van der Waals surface area contributed by atoms with E-state index in [4.69, 9.17) is 12.2 Å². The van der Waals surface area contributed by atoms with Crippen molar-refractivity contribution in [3.05, 3.63) is 30.6 Å². The number of thiocarbonyl (C=S) groups is 1. The summed E-state index contributed by atoms with van der Waals surface area (Å²) in [7, 11) is 0. The molecule has 7 heteroatoms. The Morgan fingerprint density at radius 2 is 2.08 bits per heavy atom. The lowest BCUT2D eigenvalue weighted by Crippen LogP contribution is -2.48. The minimum absolute atomic E-state index is 0.176. The number of imidazole rings is 1. The number of rotatable bonds is 8. The second-order valence-corrected chi connectivity index (χ2v) is 6.57. The minimum Gasteiger partial charge on any atom is -0.361 e. The number of para-hydroxylation sites is 2. The zero-order valence-electron chi connectivity index (χ0n) is 14.9. The lowest BCUT2D eigenvalue weighted by Gasteiger charge is -2.17. The molecule has 1 atom stereocenters. The maximum absolute atomic E-state index is 12.1. The molecule has 136 valence electrons. The Labute approximate surface area is 154 Å². The average Bonchev–Trinajstić information content (AvgIpc) is 3.03. The maximum Gasteiger partial charge on any atom is 0.258 e. The van der Waals surface area contributed by atoms with Gasteiger partial charge >= 0.3 is 0 Å². The van der Waals surface area contributed by atoms with Crippen LogP contribution in [0.15, 0.2) is 30.6 Å². The average molecular weight is 362 g/mol. The zero-order valence-corrected chi connectivity index (χ0v) is 15.7. The molecule has 0 aliphatic rings. The van der Waals surface area contributed by atoms with Crippen LogP contribution < -0.4 is 16.2 Å². The standard InChI is InChI=1S/C18H27N5OS/c1-3-5-8-14(4-2)11-19-18(25)22-21-17(24)12-23-13-20-15-9-6-7-10-16(15)23/h6-7,9-10,13-14H,3-5,8,11-12H2,1-2H3,(H,21,24)(H2,19,22,25)/t14-/m1/s1. The quantitative estimate of drug-likeness (QED) is 0.498. The van der Waals surface area contributed by atoms with E-state index in [0.29, 0.717) is 11.0 Å². The number of benzene rings is 1. The molecule has 0 aliphatic heterocycles. The molecule has 0 spiro atoms. The first kappa shape index (κ1) is 19.2. The predicted octanol–water partition coefficient (Wildman–Crippen LogP) is 2.75. The monoisotopic (exact) mass is 361 g/mol. The van der Waals surface area contributed by atoms with Gasteiger partial charge in [-0.1, -0.05) is 45.2 Å². The Balaban J connectivity index is 1.73. The van der Waals surface area contributed by atoms with Gasteiger partial charge in [-0.3, -0.25) is 15.6 Å². The number of hydrazine groups is 1. The minimum atomic E-state index is -0.176. The largest absolute Gasteiger partial charge is 0.361 e. The molecule has 1 heterocycles. The highest BCUT2D eigenvalue weighted by Gasteiger charge is 2.09. The van der Waals surface area contributed by atoms with Gasteiger partial charge in [0, 0.05) is 6.54 Å². The number of amides is 1. The predicted molar refractivity (Wildman–Crippen MR) is 105 cm³/mol. The molecular formula is C18H27N5OS. The van der Waals surface area contributed by atoms with E-state index in [0.717, 1.165) is 24.0 Å². The van der Waals surface area contributed by atoms with Gasteiger partial charge in [0.25, 0.3) is 5.91 Å². The van der Waals surface area contributed by atoms with Crippen LogP contribution in [0.1, 0.15) is 39.5 Å². The van der Waals surface area contributed by atoms with Crippen LogP contribution in [0.25, 0.3) is 11.0 Å². The van der Waals surface area contributed by atoms with E-state index in [1.54, 1.807) is 10.9 Å². The van der Waals surface area contributed by atoms with Crippen molar-refractivity contribution >= 4 is 34.3 Å². The molecule has 6 nitrogen and oxygen atoms in total. The number of hydrogen-bond donors (Lipinski definition) is 3. The summed E-state index contributed by atoms with van der Waals surface area (Å²) >= 11 is 5.22. The smallest absolute Gasteiger partial charge is 0.258 e. The summed E-state index contributed by atoms with van der Waals surface area (Å²) in [5.41, 5.74) is 7.20. The van der Waals surface area contributed by atoms with Gasteiger partial charge in [0.15, 0.2) is 5.11 Å². The Morgan fingerprint density at radius 3 is 2.84 bits per heavy atom. The number of nitrogens with one attached hydrogen (secondary N) is 3. The fourth-order valence-electron chi connectivity index (χ4n) is 2.68. The van der Waals surface area contributed by atoms with Crippen molar-refractivity contribution in [3.8, 4) is 0 Å². The van der Waals surface area contributed by atoms with Gasteiger partial charge in [-0.05, 0) is 36.7 Å². The van der Waals surface area contributed by atoms with Gasteiger partial charge in [-0.25, -0.2) is 4.98 Å². The van der Waals surface area contributed by atoms with Gasteiger partial charge in [0.05, 0.1) is 17.4 Å². The molecule has 3 N–H and O–H groups in total. The maximum atomic E-state index is 12.1. The first-order valence-corrected chi connectivity index (χ1v) is 9.27. The number of hydrogen-bond acceptors (Lipinski definition) is 3. The van der Waals surface area contributed by atoms with E-state index in [-0.39, 0.29) is 12.5 Å². The van der Waals surface area contributed by atoms with Crippen molar-refractivity contribution in [1.29, 1.82) is 0 Å². The summed E-state index contributed by atoms with van der Waals surface area (Å²) in [6.07, 6.45) is 6.42. The van der Waals surface area contributed by atoms with Crippen LogP contribution in [0.4, 0.5) is 0 Å². The van der Waals surface area contributed by atoms with Gasteiger partial charge in [0.1, 0.15) is 6.54 Å². The zero-order chi connectivity index (χ0) is 18.1. The Kier molecular flexibility index (Phi) is 7.66. The van der Waals surface area contributed by atoms with Crippen LogP contribution in [0.5, 0.6) is 0 Å². The van der Waals surface area contributed by atoms with Gasteiger partial charge in [-0.15, -0.1) is 0 Å². The van der Waals surface area contributed by atoms with E-state index in [1.807, 2.05) is 24.3 Å². The normalized spacial score (nSPS) is 11.9. The number of aromatic nitrogens is 2. The van der Waals surface area contributed by atoms with Crippen LogP contribution in [0.2, 0.25) is 0 Å². The second kappa shape index (κ2) is 9.98. The van der Waals surface area contributed by atoms with Crippen molar-refractivity contribution < 1.29 is 4.79 Å². The number of carbonyl (C=O) groups is 1. The Morgan fingerprint density at radius 1 is 1.28 bits per heavy atom. The number of nitrogens with zero attached hydrogens (tertiary/aromatic N) is 2. The molecule has 0 aliphatic carbocycles. The molecule has 2 rings (SSSR count). The third-order valence-electron chi connectivity index (χ3n) is 4.25. The van der Waals surface area contributed by atoms with Crippen LogP contribution in [0.3, 0.4) is 0 Å². The molecule has 25 heavy (non-hydrogen) atoms. The van der Waals surface area contributed by atoms with Crippen LogP contribution in [-0.4, -0.2) is 27.1 Å². The number of carbonyl (C=O) groups excluding carboxylic acids is 1. The van der Waals surface area contributed by atoms with Crippen molar-refractivity contribution in [1.82, 2.24) is 25.7 Å². The Hall–Kier alpha value is -2.15. The van der Waals surface area contributed by atoms with Crippen LogP contribution in [0, 0.1) is 5.92 Å². The SMILES string of the molecule is CCCC[C@@H](CC)CNC(=S)NNC(=O)Cn1cnc2ccccc21. The first-order chi connectivity index (χ1) is 12.1. The molecule has 2 aromatic rings. The Bertz CT molecular complexity index is 700. The molecular weight excluding hydrogens is 334 g/mol. The van der Waals surface area contributed by atoms with E-state index in [9.17, 15) is 4.79 Å². The van der Waals surface area contributed by atoms with Crippen molar-refractivity contribution in [2.24, 2.45) is 5.92 Å².